The molecule has 140 valence electrons. The van der Waals surface area contributed by atoms with E-state index in [1.807, 2.05) is 0 Å². The minimum atomic E-state index is 0.116. The van der Waals surface area contributed by atoms with Crippen molar-refractivity contribution in [2.45, 2.75) is 52.7 Å². The highest BCUT2D eigenvalue weighted by molar-refractivity contribution is 5.58. The molecule has 0 N–H and O–H groups in total. The van der Waals surface area contributed by atoms with E-state index in [1.54, 1.807) is 0 Å². The summed E-state index contributed by atoms with van der Waals surface area (Å²) in [5, 5.41) is 0. The van der Waals surface area contributed by atoms with Crippen molar-refractivity contribution in [3.05, 3.63) is 82.9 Å². The average Bonchev–Trinajstić information content (AvgIpc) is 2.67. The predicted molar refractivity (Wildman–Crippen MR) is 114 cm³/mol. The molecule has 2 unspecified atom stereocenters. The van der Waals surface area contributed by atoms with E-state index in [4.69, 9.17) is 4.74 Å². The van der Waals surface area contributed by atoms with Crippen molar-refractivity contribution < 1.29 is 4.74 Å². The molecule has 2 fully saturated rings. The van der Waals surface area contributed by atoms with Gasteiger partial charge in [-0.05, 0) is 24.0 Å². The van der Waals surface area contributed by atoms with Gasteiger partial charge in [0.2, 0.25) is 0 Å². The maximum Gasteiger partial charge on any atom is 0.0704 e. The maximum absolute atomic E-state index is 6.61. The van der Waals surface area contributed by atoms with Crippen molar-refractivity contribution in [2.75, 3.05) is 0 Å². The fourth-order valence-electron chi connectivity index (χ4n) is 4.21. The van der Waals surface area contributed by atoms with Crippen molar-refractivity contribution in [3.63, 3.8) is 0 Å². The van der Waals surface area contributed by atoms with Crippen LogP contribution in [0.25, 0.3) is 12.2 Å². The highest BCUT2D eigenvalue weighted by Crippen LogP contribution is 2.54. The van der Waals surface area contributed by atoms with Gasteiger partial charge < -0.3 is 4.74 Å². The third-order valence-electron chi connectivity index (χ3n) is 6.69. The summed E-state index contributed by atoms with van der Waals surface area (Å²) in [6.45, 7) is 9.29. The standard InChI is InChI=1S/C26H30O/c1-25(2)21(15-19-11-7-5-8-12-19)17-23(25)27-24-18-22(26(24,3)4)16-20-13-9-6-10-14-20/h5-16,23-24H,17-18H2,1-4H3/b21-15+,22-16+. The molecule has 2 aliphatic rings. The molecule has 2 aromatic carbocycles. The number of hydrogen-bond acceptors (Lipinski definition) is 1. The Bertz CT molecular complexity index is 782. The van der Waals surface area contributed by atoms with E-state index in [1.165, 1.54) is 22.3 Å². The lowest BCUT2D eigenvalue weighted by molar-refractivity contribution is -0.145. The lowest BCUT2D eigenvalue weighted by Gasteiger charge is -2.54. The SMILES string of the molecule is CC1(C)/C(=C/c2ccccc2)CC1OC1C/C(=C\c2ccccc2)C1(C)C. The molecule has 0 heterocycles. The Kier molecular flexibility index (Phi) is 4.60. The second kappa shape index (κ2) is 6.80. The largest absolute Gasteiger partial charge is 0.373 e. The van der Waals surface area contributed by atoms with Crippen LogP contribution in [0.15, 0.2) is 71.8 Å². The zero-order valence-electron chi connectivity index (χ0n) is 16.9. The van der Waals surface area contributed by atoms with Crippen LogP contribution in [-0.4, -0.2) is 12.2 Å². The van der Waals surface area contributed by atoms with Gasteiger partial charge in [0, 0.05) is 10.8 Å². The second-order valence-electron chi connectivity index (χ2n) is 9.13. The van der Waals surface area contributed by atoms with E-state index < -0.39 is 0 Å². The average molecular weight is 359 g/mol. The van der Waals surface area contributed by atoms with Crippen LogP contribution in [0.3, 0.4) is 0 Å². The molecule has 27 heavy (non-hydrogen) atoms. The van der Waals surface area contributed by atoms with Crippen molar-refractivity contribution in [1.29, 1.82) is 0 Å². The highest BCUT2D eigenvalue weighted by atomic mass is 16.5. The summed E-state index contributed by atoms with van der Waals surface area (Å²) in [7, 11) is 0. The highest BCUT2D eigenvalue weighted by Gasteiger charge is 2.51. The molecular weight excluding hydrogens is 328 g/mol. The first-order chi connectivity index (χ1) is 12.9. The van der Waals surface area contributed by atoms with Gasteiger partial charge in [0.05, 0.1) is 12.2 Å². The minimum Gasteiger partial charge on any atom is -0.373 e. The molecule has 2 atom stereocenters. The summed E-state index contributed by atoms with van der Waals surface area (Å²) in [4.78, 5) is 0. The molecule has 0 amide bonds. The molecule has 0 aliphatic heterocycles. The van der Waals surface area contributed by atoms with Gasteiger partial charge in [0.25, 0.3) is 0 Å². The smallest absolute Gasteiger partial charge is 0.0704 e. The molecule has 1 heteroatoms. The van der Waals surface area contributed by atoms with Crippen LogP contribution in [0.5, 0.6) is 0 Å². The van der Waals surface area contributed by atoms with Crippen LogP contribution < -0.4 is 0 Å². The van der Waals surface area contributed by atoms with E-state index in [-0.39, 0.29) is 10.8 Å². The molecule has 0 saturated heterocycles. The minimum absolute atomic E-state index is 0.116. The van der Waals surface area contributed by atoms with Gasteiger partial charge in [-0.25, -0.2) is 0 Å². The van der Waals surface area contributed by atoms with Gasteiger partial charge in [-0.3, -0.25) is 0 Å². The summed E-state index contributed by atoms with van der Waals surface area (Å²) in [5.74, 6) is 0. The monoisotopic (exact) mass is 358 g/mol. The molecule has 2 aliphatic carbocycles. The fraction of sp³-hybridized carbons (Fsp3) is 0.385. The van der Waals surface area contributed by atoms with Crippen molar-refractivity contribution in [1.82, 2.24) is 0 Å². The molecule has 0 radical (unpaired) electrons. The van der Waals surface area contributed by atoms with Crippen molar-refractivity contribution in [2.24, 2.45) is 10.8 Å². The van der Waals surface area contributed by atoms with E-state index in [0.717, 1.165) is 12.8 Å². The third-order valence-corrected chi connectivity index (χ3v) is 6.69. The van der Waals surface area contributed by atoms with Gasteiger partial charge in [-0.1, -0.05) is 112 Å². The van der Waals surface area contributed by atoms with Crippen LogP contribution in [0.1, 0.15) is 51.7 Å². The van der Waals surface area contributed by atoms with Gasteiger partial charge in [-0.2, -0.15) is 0 Å². The van der Waals surface area contributed by atoms with Gasteiger partial charge in [0.15, 0.2) is 0 Å². The Morgan fingerprint density at radius 1 is 0.667 bits per heavy atom. The summed E-state index contributed by atoms with van der Waals surface area (Å²) >= 11 is 0. The first kappa shape index (κ1) is 18.3. The molecule has 2 saturated carbocycles. The molecule has 4 rings (SSSR count). The number of ether oxygens (including phenoxy) is 1. The van der Waals surface area contributed by atoms with Gasteiger partial charge in [0.1, 0.15) is 0 Å². The Labute approximate surface area is 163 Å². The molecule has 0 aromatic heterocycles. The van der Waals surface area contributed by atoms with Crippen LogP contribution in [0.4, 0.5) is 0 Å². The van der Waals surface area contributed by atoms with E-state index in [0.29, 0.717) is 12.2 Å². The molecular formula is C26H30O. The van der Waals surface area contributed by atoms with Crippen molar-refractivity contribution >= 4 is 12.2 Å². The van der Waals surface area contributed by atoms with Gasteiger partial charge >= 0.3 is 0 Å². The summed E-state index contributed by atoms with van der Waals surface area (Å²) in [6.07, 6.45) is 7.40. The lowest BCUT2D eigenvalue weighted by atomic mass is 9.61. The van der Waals surface area contributed by atoms with E-state index >= 15 is 0 Å². The zero-order valence-corrected chi connectivity index (χ0v) is 16.9. The van der Waals surface area contributed by atoms with Crippen LogP contribution in [0.2, 0.25) is 0 Å². The van der Waals surface area contributed by atoms with E-state index in [2.05, 4.69) is 101 Å². The van der Waals surface area contributed by atoms with Gasteiger partial charge in [-0.15, -0.1) is 0 Å². The summed E-state index contributed by atoms with van der Waals surface area (Å²) in [6, 6.07) is 21.2. The Balaban J connectivity index is 1.41. The normalized spacial score (nSPS) is 28.6. The topological polar surface area (TPSA) is 9.23 Å². The van der Waals surface area contributed by atoms with Crippen LogP contribution >= 0.6 is 0 Å². The van der Waals surface area contributed by atoms with Crippen LogP contribution in [0, 0.1) is 10.8 Å². The number of hydrogen-bond donors (Lipinski definition) is 0. The molecule has 0 bridgehead atoms. The Hall–Kier alpha value is -2.12. The lowest BCUT2D eigenvalue weighted by Crippen LogP contribution is -2.53. The fourth-order valence-corrected chi connectivity index (χ4v) is 4.21. The third kappa shape index (κ3) is 3.41. The number of rotatable bonds is 4. The zero-order chi connectivity index (χ0) is 19.1. The van der Waals surface area contributed by atoms with Crippen LogP contribution in [-0.2, 0) is 4.74 Å². The molecule has 0 spiro atoms. The Morgan fingerprint density at radius 2 is 1.04 bits per heavy atom. The quantitative estimate of drug-likeness (QED) is 0.586. The predicted octanol–water partition coefficient (Wildman–Crippen LogP) is 6.77. The molecule has 2 aromatic rings. The first-order valence-corrected chi connectivity index (χ1v) is 10.0. The van der Waals surface area contributed by atoms with Crippen molar-refractivity contribution in [3.8, 4) is 0 Å². The molecule has 1 nitrogen and oxygen atoms in total. The number of benzene rings is 2. The van der Waals surface area contributed by atoms with E-state index in [9.17, 15) is 0 Å². The second-order valence-corrected chi connectivity index (χ2v) is 9.13. The maximum atomic E-state index is 6.61. The Morgan fingerprint density at radius 3 is 1.37 bits per heavy atom. The first-order valence-electron chi connectivity index (χ1n) is 10.0. The summed E-state index contributed by atoms with van der Waals surface area (Å²) in [5.41, 5.74) is 5.80. The summed E-state index contributed by atoms with van der Waals surface area (Å²) < 4.78 is 6.61.